The molecule has 3 heteroatoms. The van der Waals surface area contributed by atoms with Crippen molar-refractivity contribution < 1.29 is 4.79 Å². The molecule has 86 valence electrons. The minimum Gasteiger partial charge on any atom is -0.314 e. The average Bonchev–Trinajstić information content (AvgIpc) is 2.31. The third kappa shape index (κ3) is 3.28. The Kier molecular flexibility index (Phi) is 4.15. The highest BCUT2D eigenvalue weighted by Crippen LogP contribution is 2.24. The summed E-state index contributed by atoms with van der Waals surface area (Å²) < 4.78 is 0. The number of piperazine rings is 1. The lowest BCUT2D eigenvalue weighted by atomic mass is 9.86. The average molecular weight is 210 g/mol. The molecule has 0 atom stereocenters. The van der Waals surface area contributed by atoms with Gasteiger partial charge in [0.25, 0.3) is 0 Å². The van der Waals surface area contributed by atoms with E-state index in [1.807, 2.05) is 0 Å². The van der Waals surface area contributed by atoms with E-state index in [1.54, 1.807) is 0 Å². The van der Waals surface area contributed by atoms with Crippen LogP contribution in [0.25, 0.3) is 0 Å². The molecule has 1 aliphatic carbocycles. The zero-order valence-corrected chi connectivity index (χ0v) is 9.50. The van der Waals surface area contributed by atoms with Gasteiger partial charge < -0.3 is 5.32 Å². The van der Waals surface area contributed by atoms with E-state index in [2.05, 4.69) is 10.2 Å². The Morgan fingerprint density at radius 2 is 1.80 bits per heavy atom. The maximum Gasteiger partial charge on any atom is 0.149 e. The molecule has 0 bridgehead atoms. The zero-order chi connectivity index (χ0) is 10.5. The van der Waals surface area contributed by atoms with Crippen LogP contribution in [0.1, 0.15) is 32.1 Å². The molecule has 0 spiro atoms. The number of ketones is 1. The number of carbonyl (C=O) groups is 1. The van der Waals surface area contributed by atoms with Crippen molar-refractivity contribution in [2.24, 2.45) is 5.92 Å². The third-order valence-electron chi connectivity index (χ3n) is 3.65. The highest BCUT2D eigenvalue weighted by atomic mass is 16.1. The normalized spacial score (nSPS) is 25.3. The SMILES string of the molecule is O=C(CN1CCNCC1)C1CCCCC1. The Hall–Kier alpha value is -0.410. The predicted molar refractivity (Wildman–Crippen MR) is 60.9 cm³/mol. The van der Waals surface area contributed by atoms with Crippen molar-refractivity contribution in [3.63, 3.8) is 0 Å². The first kappa shape index (κ1) is 11.1. The Morgan fingerprint density at radius 3 is 2.47 bits per heavy atom. The van der Waals surface area contributed by atoms with E-state index in [4.69, 9.17) is 0 Å². The highest BCUT2D eigenvalue weighted by Gasteiger charge is 2.23. The number of nitrogens with zero attached hydrogens (tertiary/aromatic N) is 1. The fourth-order valence-electron chi connectivity index (χ4n) is 2.64. The molecule has 3 nitrogen and oxygen atoms in total. The number of Topliss-reactive ketones (excluding diaryl/α,β-unsaturated/α-hetero) is 1. The molecule has 1 heterocycles. The lowest BCUT2D eigenvalue weighted by Crippen LogP contribution is -2.46. The van der Waals surface area contributed by atoms with Crippen LogP contribution in [-0.4, -0.2) is 43.4 Å². The molecule has 0 aromatic carbocycles. The van der Waals surface area contributed by atoms with E-state index in [-0.39, 0.29) is 0 Å². The second-order valence-electron chi connectivity index (χ2n) is 4.83. The van der Waals surface area contributed by atoms with Crippen molar-refractivity contribution in [1.82, 2.24) is 10.2 Å². The minimum atomic E-state index is 0.383. The number of hydrogen-bond donors (Lipinski definition) is 1. The fraction of sp³-hybridized carbons (Fsp3) is 0.917. The van der Waals surface area contributed by atoms with Gasteiger partial charge in [-0.25, -0.2) is 0 Å². The number of rotatable bonds is 3. The molecule has 0 aromatic rings. The molecular formula is C12H22N2O. The summed E-state index contributed by atoms with van der Waals surface area (Å²) >= 11 is 0. The lowest BCUT2D eigenvalue weighted by Gasteiger charge is -2.29. The second-order valence-corrected chi connectivity index (χ2v) is 4.83. The van der Waals surface area contributed by atoms with Crippen molar-refractivity contribution in [1.29, 1.82) is 0 Å². The molecule has 1 saturated heterocycles. The fourth-order valence-corrected chi connectivity index (χ4v) is 2.64. The summed E-state index contributed by atoms with van der Waals surface area (Å²) in [5, 5.41) is 3.31. The first-order valence-electron chi connectivity index (χ1n) is 6.32. The first-order valence-corrected chi connectivity index (χ1v) is 6.32. The maximum absolute atomic E-state index is 12.0. The number of hydrogen-bond acceptors (Lipinski definition) is 3. The largest absolute Gasteiger partial charge is 0.314 e. The van der Waals surface area contributed by atoms with Gasteiger partial charge in [0, 0.05) is 32.1 Å². The molecule has 2 aliphatic rings. The summed E-state index contributed by atoms with van der Waals surface area (Å²) in [5.41, 5.74) is 0. The van der Waals surface area contributed by atoms with Gasteiger partial charge in [-0.15, -0.1) is 0 Å². The van der Waals surface area contributed by atoms with E-state index in [0.29, 0.717) is 18.2 Å². The van der Waals surface area contributed by atoms with E-state index in [9.17, 15) is 4.79 Å². The van der Waals surface area contributed by atoms with Crippen molar-refractivity contribution in [3.05, 3.63) is 0 Å². The Bertz CT molecular complexity index is 206. The van der Waals surface area contributed by atoms with Crippen molar-refractivity contribution >= 4 is 5.78 Å². The molecule has 0 unspecified atom stereocenters. The maximum atomic E-state index is 12.0. The van der Waals surface area contributed by atoms with E-state index in [1.165, 1.54) is 19.3 Å². The summed E-state index contributed by atoms with van der Waals surface area (Å²) in [6, 6.07) is 0. The van der Waals surface area contributed by atoms with Gasteiger partial charge in [-0.1, -0.05) is 19.3 Å². The molecule has 1 saturated carbocycles. The van der Waals surface area contributed by atoms with E-state index in [0.717, 1.165) is 39.0 Å². The molecule has 2 fully saturated rings. The first-order chi connectivity index (χ1) is 7.36. The van der Waals surface area contributed by atoms with Gasteiger partial charge in [-0.2, -0.15) is 0 Å². The van der Waals surface area contributed by atoms with Gasteiger partial charge in [0.1, 0.15) is 5.78 Å². The van der Waals surface area contributed by atoms with Gasteiger partial charge in [-0.05, 0) is 12.8 Å². The number of nitrogens with one attached hydrogen (secondary N) is 1. The van der Waals surface area contributed by atoms with Crippen LogP contribution in [0.4, 0.5) is 0 Å². The van der Waals surface area contributed by atoms with Crippen LogP contribution in [0.2, 0.25) is 0 Å². The van der Waals surface area contributed by atoms with Crippen LogP contribution in [0.3, 0.4) is 0 Å². The molecule has 15 heavy (non-hydrogen) atoms. The standard InChI is InChI=1S/C12H22N2O/c15-12(11-4-2-1-3-5-11)10-14-8-6-13-7-9-14/h11,13H,1-10H2. The number of carbonyl (C=O) groups excluding carboxylic acids is 1. The smallest absolute Gasteiger partial charge is 0.149 e. The van der Waals surface area contributed by atoms with Crippen LogP contribution in [-0.2, 0) is 4.79 Å². The summed E-state index contributed by atoms with van der Waals surface area (Å²) in [4.78, 5) is 14.3. The van der Waals surface area contributed by atoms with Gasteiger partial charge in [0.15, 0.2) is 0 Å². The Balaban J connectivity index is 1.74. The van der Waals surface area contributed by atoms with Crippen LogP contribution in [0.5, 0.6) is 0 Å². The second kappa shape index (κ2) is 5.61. The monoisotopic (exact) mass is 210 g/mol. The lowest BCUT2D eigenvalue weighted by molar-refractivity contribution is -0.125. The van der Waals surface area contributed by atoms with Gasteiger partial charge >= 0.3 is 0 Å². The van der Waals surface area contributed by atoms with Gasteiger partial charge in [0.05, 0.1) is 6.54 Å². The van der Waals surface area contributed by atoms with Crippen LogP contribution in [0, 0.1) is 5.92 Å². The van der Waals surface area contributed by atoms with Crippen molar-refractivity contribution in [2.45, 2.75) is 32.1 Å². The third-order valence-corrected chi connectivity index (χ3v) is 3.65. The van der Waals surface area contributed by atoms with Crippen molar-refractivity contribution in [2.75, 3.05) is 32.7 Å². The summed E-state index contributed by atoms with van der Waals surface area (Å²) in [5.74, 6) is 0.880. The summed E-state index contributed by atoms with van der Waals surface area (Å²) in [6.45, 7) is 4.86. The molecule has 0 amide bonds. The molecule has 1 aliphatic heterocycles. The molecular weight excluding hydrogens is 188 g/mol. The Labute approximate surface area is 92.2 Å². The van der Waals surface area contributed by atoms with E-state index >= 15 is 0 Å². The topological polar surface area (TPSA) is 32.3 Å². The minimum absolute atomic E-state index is 0.383. The van der Waals surface area contributed by atoms with Crippen LogP contribution < -0.4 is 5.32 Å². The zero-order valence-electron chi connectivity index (χ0n) is 9.50. The molecule has 0 aromatic heterocycles. The summed E-state index contributed by atoms with van der Waals surface area (Å²) in [7, 11) is 0. The van der Waals surface area contributed by atoms with Crippen LogP contribution >= 0.6 is 0 Å². The van der Waals surface area contributed by atoms with Gasteiger partial charge in [0.2, 0.25) is 0 Å². The summed E-state index contributed by atoms with van der Waals surface area (Å²) in [6.07, 6.45) is 6.14. The molecule has 0 radical (unpaired) electrons. The Morgan fingerprint density at radius 1 is 1.13 bits per heavy atom. The quantitative estimate of drug-likeness (QED) is 0.755. The molecule has 2 rings (SSSR count). The van der Waals surface area contributed by atoms with Crippen LogP contribution in [0.15, 0.2) is 0 Å². The van der Waals surface area contributed by atoms with Crippen molar-refractivity contribution in [3.8, 4) is 0 Å². The van der Waals surface area contributed by atoms with E-state index < -0.39 is 0 Å². The highest BCUT2D eigenvalue weighted by molar-refractivity contribution is 5.83. The van der Waals surface area contributed by atoms with Gasteiger partial charge in [-0.3, -0.25) is 9.69 Å². The predicted octanol–water partition coefficient (Wildman–Crippen LogP) is 1.04. The molecule has 1 N–H and O–H groups in total.